The fraction of sp³-hybridized carbons (Fsp3) is 0.379. The normalized spacial score (nSPS) is 18.7. The van der Waals surface area contributed by atoms with E-state index in [1.165, 1.54) is 9.91 Å². The first-order valence-electron chi connectivity index (χ1n) is 13.2. The second-order valence-electron chi connectivity index (χ2n) is 9.50. The lowest BCUT2D eigenvalue weighted by molar-refractivity contribution is -0.179. The highest BCUT2D eigenvalue weighted by molar-refractivity contribution is 5.96. The van der Waals surface area contributed by atoms with Gasteiger partial charge in [-0.2, -0.15) is 0 Å². The van der Waals surface area contributed by atoms with Crippen LogP contribution in [-0.2, 0) is 20.9 Å². The van der Waals surface area contributed by atoms with Crippen molar-refractivity contribution in [2.45, 2.75) is 26.6 Å². The van der Waals surface area contributed by atoms with Crippen molar-refractivity contribution in [1.82, 2.24) is 30.5 Å². The van der Waals surface area contributed by atoms with Crippen LogP contribution in [0.1, 0.15) is 19.4 Å². The van der Waals surface area contributed by atoms with Gasteiger partial charge in [0.15, 0.2) is 0 Å². The zero-order chi connectivity index (χ0) is 29.1. The molecule has 0 bridgehead atoms. The number of amides is 5. The first-order valence-corrected chi connectivity index (χ1v) is 13.2. The Hall–Kier alpha value is -4.22. The highest BCUT2D eigenvalue weighted by Gasteiger charge is 2.46. The number of benzene rings is 1. The molecule has 2 fully saturated rings. The molecule has 2 aliphatic rings. The number of hydrogen-bond acceptors (Lipinski definition) is 6. The van der Waals surface area contributed by atoms with E-state index in [-0.39, 0.29) is 56.5 Å². The van der Waals surface area contributed by atoms with Crippen molar-refractivity contribution in [3.63, 3.8) is 0 Å². The van der Waals surface area contributed by atoms with E-state index in [4.69, 9.17) is 5.11 Å². The van der Waals surface area contributed by atoms with E-state index in [1.807, 2.05) is 43.3 Å². The molecule has 2 saturated heterocycles. The Morgan fingerprint density at radius 1 is 1.12 bits per heavy atom. The maximum atomic E-state index is 13.4. The summed E-state index contributed by atoms with van der Waals surface area (Å²) >= 11 is 0. The van der Waals surface area contributed by atoms with Gasteiger partial charge >= 0.3 is 6.03 Å². The Balaban J connectivity index is 1.73. The SMILES string of the molecule is C=CCN1CC(=O)N2CC(=O)N(C/C(C)=C/C=C\C(=C/C)C(=O)NCCO)CC2N1C(=O)NCc1ccccc1. The molecule has 214 valence electrons. The van der Waals surface area contributed by atoms with Crippen LogP contribution in [0.3, 0.4) is 0 Å². The molecule has 1 aromatic rings. The van der Waals surface area contributed by atoms with Gasteiger partial charge in [-0.05, 0) is 25.5 Å². The van der Waals surface area contributed by atoms with Crippen LogP contribution in [0.4, 0.5) is 4.79 Å². The Morgan fingerprint density at radius 3 is 2.55 bits per heavy atom. The molecular formula is C29H38N6O5. The number of aliphatic hydroxyl groups is 1. The summed E-state index contributed by atoms with van der Waals surface area (Å²) in [5, 5.41) is 17.6. The number of urea groups is 1. The average molecular weight is 551 g/mol. The summed E-state index contributed by atoms with van der Waals surface area (Å²) in [5.41, 5.74) is 2.24. The number of fused-ring (bicyclic) bond motifs is 1. The summed E-state index contributed by atoms with van der Waals surface area (Å²) in [5.74, 6) is -0.719. The molecule has 2 aliphatic heterocycles. The van der Waals surface area contributed by atoms with Crippen LogP contribution in [0.5, 0.6) is 0 Å². The molecule has 5 amide bonds. The van der Waals surface area contributed by atoms with Crippen LogP contribution in [0.2, 0.25) is 0 Å². The fourth-order valence-electron chi connectivity index (χ4n) is 4.54. The van der Waals surface area contributed by atoms with Gasteiger partial charge in [-0.15, -0.1) is 6.58 Å². The van der Waals surface area contributed by atoms with E-state index in [1.54, 1.807) is 41.1 Å². The molecule has 1 aromatic carbocycles. The summed E-state index contributed by atoms with van der Waals surface area (Å²) in [6.45, 7) is 8.32. The van der Waals surface area contributed by atoms with Crippen LogP contribution in [0.25, 0.3) is 0 Å². The summed E-state index contributed by atoms with van der Waals surface area (Å²) in [4.78, 5) is 54.6. The molecule has 0 saturated carbocycles. The number of piperazine rings is 1. The minimum atomic E-state index is -0.664. The summed E-state index contributed by atoms with van der Waals surface area (Å²) < 4.78 is 0. The van der Waals surface area contributed by atoms with Crippen LogP contribution >= 0.6 is 0 Å². The van der Waals surface area contributed by atoms with Crippen molar-refractivity contribution < 1.29 is 24.3 Å². The van der Waals surface area contributed by atoms with E-state index in [9.17, 15) is 19.2 Å². The molecule has 40 heavy (non-hydrogen) atoms. The zero-order valence-corrected chi connectivity index (χ0v) is 23.1. The van der Waals surface area contributed by atoms with Gasteiger partial charge in [0.1, 0.15) is 12.7 Å². The number of rotatable bonds is 11. The third-order valence-corrected chi connectivity index (χ3v) is 6.53. The van der Waals surface area contributed by atoms with Gasteiger partial charge in [0.25, 0.3) is 5.91 Å². The number of aliphatic hydroxyl groups excluding tert-OH is 1. The average Bonchev–Trinajstić information content (AvgIpc) is 2.94. The van der Waals surface area contributed by atoms with Crippen LogP contribution in [-0.4, -0.2) is 101 Å². The molecule has 3 N–H and O–H groups in total. The van der Waals surface area contributed by atoms with Crippen LogP contribution < -0.4 is 10.6 Å². The molecule has 0 aromatic heterocycles. The van der Waals surface area contributed by atoms with Crippen molar-refractivity contribution in [3.05, 3.63) is 84.0 Å². The molecule has 2 heterocycles. The molecular weight excluding hydrogens is 512 g/mol. The second-order valence-corrected chi connectivity index (χ2v) is 9.50. The molecule has 0 aliphatic carbocycles. The Labute approximate surface area is 235 Å². The number of nitrogens with one attached hydrogen (secondary N) is 2. The minimum Gasteiger partial charge on any atom is -0.395 e. The number of allylic oxidation sites excluding steroid dienone is 3. The van der Waals surface area contributed by atoms with Crippen LogP contribution in [0, 0.1) is 0 Å². The predicted octanol–water partition coefficient (Wildman–Crippen LogP) is 1.17. The number of carbonyl (C=O) groups is 4. The Bertz CT molecular complexity index is 1180. The topological polar surface area (TPSA) is 126 Å². The van der Waals surface area contributed by atoms with Crippen molar-refractivity contribution in [2.24, 2.45) is 0 Å². The summed E-state index contributed by atoms with van der Waals surface area (Å²) in [6.07, 6.45) is 7.83. The Morgan fingerprint density at radius 2 is 1.88 bits per heavy atom. The van der Waals surface area contributed by atoms with Gasteiger partial charge in [0, 0.05) is 31.8 Å². The molecule has 0 radical (unpaired) electrons. The fourth-order valence-corrected chi connectivity index (χ4v) is 4.54. The lowest BCUT2D eigenvalue weighted by Crippen LogP contribution is -2.74. The third kappa shape index (κ3) is 7.90. The number of carbonyl (C=O) groups excluding carboxylic acids is 4. The van der Waals surface area contributed by atoms with Crippen LogP contribution in [0.15, 0.2) is 78.4 Å². The molecule has 11 nitrogen and oxygen atoms in total. The first-order chi connectivity index (χ1) is 19.3. The maximum Gasteiger partial charge on any atom is 0.334 e. The smallest absolute Gasteiger partial charge is 0.334 e. The number of nitrogens with zero attached hydrogens (tertiary/aromatic N) is 4. The summed E-state index contributed by atoms with van der Waals surface area (Å²) in [6, 6.07) is 9.16. The highest BCUT2D eigenvalue weighted by atomic mass is 16.3. The largest absolute Gasteiger partial charge is 0.395 e. The lowest BCUT2D eigenvalue weighted by Gasteiger charge is -2.52. The minimum absolute atomic E-state index is 0.0303. The molecule has 11 heteroatoms. The van der Waals surface area contributed by atoms with E-state index in [0.717, 1.165) is 11.1 Å². The van der Waals surface area contributed by atoms with Gasteiger partial charge in [0.2, 0.25) is 11.8 Å². The van der Waals surface area contributed by atoms with E-state index in [0.29, 0.717) is 25.2 Å². The first kappa shape index (κ1) is 30.3. The van der Waals surface area contributed by atoms with E-state index < -0.39 is 6.17 Å². The molecule has 1 atom stereocenters. The van der Waals surface area contributed by atoms with Gasteiger partial charge in [-0.25, -0.2) is 14.8 Å². The number of hydrazine groups is 1. The predicted molar refractivity (Wildman–Crippen MR) is 151 cm³/mol. The summed E-state index contributed by atoms with van der Waals surface area (Å²) in [7, 11) is 0. The Kier molecular flexibility index (Phi) is 11.2. The number of hydrogen-bond donors (Lipinski definition) is 3. The van der Waals surface area contributed by atoms with Crippen molar-refractivity contribution >= 4 is 23.8 Å². The third-order valence-electron chi connectivity index (χ3n) is 6.53. The monoisotopic (exact) mass is 550 g/mol. The van der Waals surface area contributed by atoms with E-state index in [2.05, 4.69) is 17.2 Å². The van der Waals surface area contributed by atoms with Crippen molar-refractivity contribution in [2.75, 3.05) is 45.9 Å². The van der Waals surface area contributed by atoms with E-state index >= 15 is 0 Å². The van der Waals surface area contributed by atoms with Gasteiger partial charge < -0.3 is 25.5 Å². The molecule has 0 spiro atoms. The zero-order valence-electron chi connectivity index (χ0n) is 23.1. The van der Waals surface area contributed by atoms with Crippen molar-refractivity contribution in [3.8, 4) is 0 Å². The second kappa shape index (κ2) is 14.8. The maximum absolute atomic E-state index is 13.4. The van der Waals surface area contributed by atoms with Gasteiger partial charge in [-0.1, -0.05) is 60.2 Å². The highest BCUT2D eigenvalue weighted by Crippen LogP contribution is 2.23. The van der Waals surface area contributed by atoms with Gasteiger partial charge in [-0.3, -0.25) is 14.4 Å². The molecule has 1 unspecified atom stereocenters. The van der Waals surface area contributed by atoms with Crippen molar-refractivity contribution in [1.29, 1.82) is 0 Å². The lowest BCUT2D eigenvalue weighted by atomic mass is 10.1. The standard InChI is InChI=1S/C29H38N6O5/c1-4-15-33-20-27(38)34-21-26(37)32(18-22(3)10-9-13-24(5-2)28(39)30-14-16-36)19-25(34)35(33)29(40)31-17-23-11-7-6-8-12-23/h4-13,25,36H,1,14-21H2,2-3H3,(H,30,39)(H,31,40)/b13-9-,22-10+,24-5+. The molecule has 3 rings (SSSR count). The quantitative estimate of drug-likeness (QED) is 0.216. The van der Waals surface area contributed by atoms with Gasteiger partial charge in [0.05, 0.1) is 19.7 Å².